The molecule has 0 radical (unpaired) electrons. The van der Waals surface area contributed by atoms with Crippen molar-refractivity contribution in [1.29, 1.82) is 0 Å². The molecule has 1 saturated heterocycles. The molecule has 3 N–H and O–H groups in total. The summed E-state index contributed by atoms with van der Waals surface area (Å²) in [6.45, 7) is 1.84. The summed E-state index contributed by atoms with van der Waals surface area (Å²) in [5.41, 5.74) is 0.810. The quantitative estimate of drug-likeness (QED) is 0.595. The Morgan fingerprint density at radius 1 is 1.00 bits per heavy atom. The van der Waals surface area contributed by atoms with Crippen molar-refractivity contribution in [2.75, 3.05) is 44.0 Å². The van der Waals surface area contributed by atoms with Gasteiger partial charge < -0.3 is 25.4 Å². The molecular formula is C22H28ClN3O4. The molecule has 2 aromatic rings. The van der Waals surface area contributed by atoms with Gasteiger partial charge in [0.25, 0.3) is 5.91 Å². The van der Waals surface area contributed by atoms with Crippen LogP contribution in [0.2, 0.25) is 0 Å². The van der Waals surface area contributed by atoms with Crippen molar-refractivity contribution in [2.45, 2.75) is 12.8 Å². The van der Waals surface area contributed by atoms with Gasteiger partial charge >= 0.3 is 0 Å². The molecule has 0 bridgehead atoms. The highest BCUT2D eigenvalue weighted by molar-refractivity contribution is 5.96. The number of piperidine rings is 1. The molecule has 2 amide bonds. The Morgan fingerprint density at radius 3 is 2.40 bits per heavy atom. The third-order valence-corrected chi connectivity index (χ3v) is 4.98. The van der Waals surface area contributed by atoms with Gasteiger partial charge in [-0.15, -0.1) is 12.4 Å². The van der Waals surface area contributed by atoms with Gasteiger partial charge in [0.2, 0.25) is 5.91 Å². The summed E-state index contributed by atoms with van der Waals surface area (Å²) in [6, 6.07) is 16.3. The van der Waals surface area contributed by atoms with Crippen molar-refractivity contribution in [3.63, 3.8) is 0 Å². The lowest BCUT2D eigenvalue weighted by molar-refractivity contribution is -0.130. The Balaban J connectivity index is 0.00000320. The first-order chi connectivity index (χ1) is 14.1. The van der Waals surface area contributed by atoms with E-state index in [0.29, 0.717) is 23.7 Å². The van der Waals surface area contributed by atoms with Crippen LogP contribution in [-0.4, -0.2) is 45.2 Å². The van der Waals surface area contributed by atoms with Gasteiger partial charge in [-0.05, 0) is 50.2 Å². The second-order valence-electron chi connectivity index (χ2n) is 7.15. The number of carbonyl (C=O) groups excluding carboxylic acids is 2. The number of methoxy groups -OCH3 is 1. The summed E-state index contributed by atoms with van der Waals surface area (Å²) in [7, 11) is 1.62. The molecule has 0 spiro atoms. The van der Waals surface area contributed by atoms with E-state index in [1.54, 1.807) is 31.4 Å². The number of amides is 2. The summed E-state index contributed by atoms with van der Waals surface area (Å²) in [5.74, 6) is 0.205. The van der Waals surface area contributed by atoms with E-state index in [4.69, 9.17) is 9.47 Å². The van der Waals surface area contributed by atoms with Gasteiger partial charge in [0.1, 0.15) is 5.75 Å². The molecule has 1 fully saturated rings. The highest BCUT2D eigenvalue weighted by Crippen LogP contribution is 2.31. The zero-order valence-electron chi connectivity index (χ0n) is 17.0. The number of anilines is 2. The van der Waals surface area contributed by atoms with E-state index >= 15 is 0 Å². The van der Waals surface area contributed by atoms with Crippen LogP contribution in [0.4, 0.5) is 11.4 Å². The Morgan fingerprint density at radius 2 is 1.70 bits per heavy atom. The molecule has 30 heavy (non-hydrogen) atoms. The number of carbonyl (C=O) groups is 2. The van der Waals surface area contributed by atoms with Crippen molar-refractivity contribution in [3.05, 3.63) is 54.6 Å². The van der Waals surface area contributed by atoms with Crippen LogP contribution in [0.15, 0.2) is 54.6 Å². The number of hydrogen-bond acceptors (Lipinski definition) is 5. The van der Waals surface area contributed by atoms with E-state index in [0.717, 1.165) is 25.9 Å². The predicted octanol–water partition coefficient (Wildman–Crippen LogP) is 3.08. The summed E-state index contributed by atoms with van der Waals surface area (Å²) in [5, 5.41) is 9.02. The Bertz CT molecular complexity index is 821. The van der Waals surface area contributed by atoms with E-state index in [9.17, 15) is 9.59 Å². The molecule has 162 valence electrons. The van der Waals surface area contributed by atoms with Gasteiger partial charge in [-0.1, -0.05) is 24.3 Å². The van der Waals surface area contributed by atoms with Gasteiger partial charge in [0, 0.05) is 24.6 Å². The van der Waals surface area contributed by atoms with Gasteiger partial charge in [0.05, 0.1) is 12.0 Å². The molecule has 1 aliphatic rings. The molecule has 0 aliphatic carbocycles. The lowest BCUT2D eigenvalue weighted by Gasteiger charge is -2.35. The first-order valence-electron chi connectivity index (χ1n) is 9.70. The molecule has 0 saturated carbocycles. The third-order valence-electron chi connectivity index (χ3n) is 4.98. The van der Waals surface area contributed by atoms with Crippen LogP contribution in [0, 0.1) is 5.41 Å². The van der Waals surface area contributed by atoms with Crippen LogP contribution in [0.25, 0.3) is 0 Å². The Labute approximate surface area is 182 Å². The van der Waals surface area contributed by atoms with Crippen molar-refractivity contribution >= 4 is 35.6 Å². The van der Waals surface area contributed by atoms with Crippen molar-refractivity contribution < 1.29 is 19.1 Å². The topological polar surface area (TPSA) is 88.7 Å². The monoisotopic (exact) mass is 433 g/mol. The third kappa shape index (κ3) is 6.45. The second kappa shape index (κ2) is 11.5. The SMILES string of the molecule is COCC1(C(=O)Nc2cccc(OCC(=O)Nc3ccccc3)c2)CCNCC1.Cl. The summed E-state index contributed by atoms with van der Waals surface area (Å²) < 4.78 is 10.9. The number of ether oxygens (including phenoxy) is 2. The van der Waals surface area contributed by atoms with Crippen LogP contribution in [-0.2, 0) is 14.3 Å². The Hall–Kier alpha value is -2.61. The average Bonchev–Trinajstić information content (AvgIpc) is 2.74. The highest BCUT2D eigenvalue weighted by Gasteiger charge is 2.39. The van der Waals surface area contributed by atoms with E-state index in [2.05, 4.69) is 16.0 Å². The van der Waals surface area contributed by atoms with Crippen LogP contribution in [0.1, 0.15) is 12.8 Å². The van der Waals surface area contributed by atoms with Crippen LogP contribution < -0.4 is 20.7 Å². The van der Waals surface area contributed by atoms with Crippen LogP contribution in [0.3, 0.4) is 0 Å². The fraction of sp³-hybridized carbons (Fsp3) is 0.364. The number of benzene rings is 2. The van der Waals surface area contributed by atoms with Gasteiger partial charge in [-0.25, -0.2) is 0 Å². The minimum absolute atomic E-state index is 0. The van der Waals surface area contributed by atoms with E-state index in [1.807, 2.05) is 30.3 Å². The van der Waals surface area contributed by atoms with Crippen LogP contribution in [0.5, 0.6) is 5.75 Å². The number of hydrogen-bond donors (Lipinski definition) is 3. The number of halogens is 1. The lowest BCUT2D eigenvalue weighted by atomic mass is 9.78. The maximum absolute atomic E-state index is 12.9. The molecule has 7 nitrogen and oxygen atoms in total. The standard InChI is InChI=1S/C22H27N3O4.ClH/c1-28-16-22(10-12-23-13-11-22)21(27)25-18-8-5-9-19(14-18)29-15-20(26)24-17-6-3-2-4-7-17;/h2-9,14,23H,10-13,15-16H2,1H3,(H,24,26)(H,25,27);1H. The minimum atomic E-state index is -0.535. The average molecular weight is 434 g/mol. The molecule has 0 aromatic heterocycles. The molecule has 8 heteroatoms. The number of para-hydroxylation sites is 1. The van der Waals surface area contributed by atoms with Gasteiger partial charge in [0.15, 0.2) is 6.61 Å². The van der Waals surface area contributed by atoms with Gasteiger partial charge in [-0.3, -0.25) is 9.59 Å². The zero-order chi connectivity index (χ0) is 20.5. The number of nitrogens with one attached hydrogen (secondary N) is 3. The number of rotatable bonds is 8. The zero-order valence-corrected chi connectivity index (χ0v) is 17.8. The molecular weight excluding hydrogens is 406 g/mol. The fourth-order valence-corrected chi connectivity index (χ4v) is 3.41. The smallest absolute Gasteiger partial charge is 0.262 e. The molecule has 2 aromatic carbocycles. The maximum atomic E-state index is 12.9. The predicted molar refractivity (Wildman–Crippen MR) is 119 cm³/mol. The lowest BCUT2D eigenvalue weighted by Crippen LogP contribution is -2.47. The summed E-state index contributed by atoms with van der Waals surface area (Å²) >= 11 is 0. The molecule has 3 rings (SSSR count). The normalized spacial score (nSPS) is 14.8. The first kappa shape index (κ1) is 23.7. The van der Waals surface area contributed by atoms with E-state index in [1.165, 1.54) is 0 Å². The van der Waals surface area contributed by atoms with Crippen molar-refractivity contribution in [3.8, 4) is 5.75 Å². The summed E-state index contributed by atoms with van der Waals surface area (Å²) in [4.78, 5) is 25.0. The molecule has 0 unspecified atom stereocenters. The molecule has 0 atom stereocenters. The van der Waals surface area contributed by atoms with E-state index < -0.39 is 5.41 Å². The largest absolute Gasteiger partial charge is 0.484 e. The Kier molecular flexibility index (Phi) is 9.11. The summed E-state index contributed by atoms with van der Waals surface area (Å²) in [6.07, 6.45) is 1.45. The van der Waals surface area contributed by atoms with Crippen molar-refractivity contribution in [1.82, 2.24) is 5.32 Å². The molecule has 1 heterocycles. The minimum Gasteiger partial charge on any atom is -0.484 e. The van der Waals surface area contributed by atoms with E-state index in [-0.39, 0.29) is 30.8 Å². The molecule has 1 aliphatic heterocycles. The van der Waals surface area contributed by atoms with Gasteiger partial charge in [-0.2, -0.15) is 0 Å². The van der Waals surface area contributed by atoms with Crippen molar-refractivity contribution in [2.24, 2.45) is 5.41 Å². The maximum Gasteiger partial charge on any atom is 0.262 e. The first-order valence-corrected chi connectivity index (χ1v) is 9.70. The second-order valence-corrected chi connectivity index (χ2v) is 7.15. The fourth-order valence-electron chi connectivity index (χ4n) is 3.41. The highest BCUT2D eigenvalue weighted by atomic mass is 35.5. The van der Waals surface area contributed by atoms with Crippen LogP contribution >= 0.6 is 12.4 Å².